The fourth-order valence-corrected chi connectivity index (χ4v) is 3.41. The van der Waals surface area contributed by atoms with E-state index in [0.29, 0.717) is 13.1 Å². The van der Waals surface area contributed by atoms with Crippen LogP contribution in [0.2, 0.25) is 0 Å². The Balaban J connectivity index is 1.88. The zero-order valence-corrected chi connectivity index (χ0v) is 13.8. The molecular formula is C12H19ClN2O5S. The van der Waals surface area contributed by atoms with Gasteiger partial charge in [-0.25, -0.2) is 13.2 Å². The summed E-state index contributed by atoms with van der Waals surface area (Å²) in [4.78, 5) is 26.6. The van der Waals surface area contributed by atoms with Gasteiger partial charge in [-0.2, -0.15) is 0 Å². The van der Waals surface area contributed by atoms with E-state index >= 15 is 0 Å². The van der Waals surface area contributed by atoms with Gasteiger partial charge >= 0.3 is 6.09 Å². The molecule has 0 N–H and O–H groups in total. The standard InChI is InChI=1S/C12H19ClN2O5S/c1-12(2,3)20-11(17)14-5-8(6-14)15-7-9(4-10(15)16)21(13,18)19/h8-9H,4-7H2,1-3H3. The molecule has 2 fully saturated rings. The molecule has 0 aliphatic carbocycles. The minimum absolute atomic E-state index is 0.0885. The average Bonchev–Trinajstić information content (AvgIpc) is 2.55. The molecule has 2 rings (SSSR count). The molecule has 0 radical (unpaired) electrons. The normalized spacial score (nSPS) is 24.2. The number of ether oxygens (including phenoxy) is 1. The Labute approximate surface area is 128 Å². The van der Waals surface area contributed by atoms with Gasteiger partial charge in [0.1, 0.15) is 10.9 Å². The van der Waals surface area contributed by atoms with Crippen LogP contribution in [0.5, 0.6) is 0 Å². The highest BCUT2D eigenvalue weighted by atomic mass is 35.7. The van der Waals surface area contributed by atoms with Crippen molar-refractivity contribution in [3.05, 3.63) is 0 Å². The topological polar surface area (TPSA) is 84.0 Å². The highest BCUT2D eigenvalue weighted by Gasteiger charge is 2.45. The summed E-state index contributed by atoms with van der Waals surface area (Å²) in [5.41, 5.74) is -0.566. The number of likely N-dealkylation sites (tertiary alicyclic amines) is 2. The lowest BCUT2D eigenvalue weighted by atomic mass is 10.1. The van der Waals surface area contributed by atoms with Crippen molar-refractivity contribution < 1.29 is 22.7 Å². The summed E-state index contributed by atoms with van der Waals surface area (Å²) in [6.07, 6.45) is -0.513. The van der Waals surface area contributed by atoms with Gasteiger partial charge in [-0.1, -0.05) is 0 Å². The van der Waals surface area contributed by atoms with Crippen LogP contribution in [0.3, 0.4) is 0 Å². The smallest absolute Gasteiger partial charge is 0.410 e. The van der Waals surface area contributed by atoms with Crippen LogP contribution in [0, 0.1) is 0 Å². The SMILES string of the molecule is CC(C)(C)OC(=O)N1CC(N2CC(S(=O)(=O)Cl)CC2=O)C1. The third-order valence-electron chi connectivity index (χ3n) is 3.48. The number of rotatable bonds is 2. The van der Waals surface area contributed by atoms with Crippen LogP contribution < -0.4 is 0 Å². The van der Waals surface area contributed by atoms with Gasteiger partial charge in [-0.15, -0.1) is 0 Å². The molecule has 1 atom stereocenters. The minimum atomic E-state index is -3.74. The molecule has 0 bridgehead atoms. The van der Waals surface area contributed by atoms with Gasteiger partial charge in [0.2, 0.25) is 15.0 Å². The summed E-state index contributed by atoms with van der Waals surface area (Å²) in [5, 5.41) is -0.859. The van der Waals surface area contributed by atoms with Crippen molar-refractivity contribution in [1.82, 2.24) is 9.80 Å². The molecular weight excluding hydrogens is 320 g/mol. The molecule has 2 heterocycles. The first-order valence-corrected chi connectivity index (χ1v) is 9.05. The first-order valence-electron chi connectivity index (χ1n) is 6.68. The number of hydrogen-bond donors (Lipinski definition) is 0. The number of hydrogen-bond acceptors (Lipinski definition) is 5. The van der Waals surface area contributed by atoms with Crippen LogP contribution in [0.4, 0.5) is 4.79 Å². The van der Waals surface area contributed by atoms with Gasteiger partial charge in [0.05, 0.1) is 6.04 Å². The van der Waals surface area contributed by atoms with Gasteiger partial charge in [-0.05, 0) is 20.8 Å². The molecule has 2 aliphatic rings. The summed E-state index contributed by atoms with van der Waals surface area (Å²) in [6, 6.07) is -0.159. The summed E-state index contributed by atoms with van der Waals surface area (Å²) in [5.74, 6) is -0.238. The molecule has 1 unspecified atom stereocenters. The Morgan fingerprint density at radius 1 is 1.29 bits per heavy atom. The molecule has 7 nitrogen and oxygen atoms in total. The van der Waals surface area contributed by atoms with Gasteiger partial charge in [0.25, 0.3) is 0 Å². The van der Waals surface area contributed by atoms with E-state index in [-0.39, 0.29) is 24.9 Å². The van der Waals surface area contributed by atoms with Crippen LogP contribution in [-0.4, -0.2) is 66.7 Å². The second kappa shape index (κ2) is 5.31. The van der Waals surface area contributed by atoms with Crippen molar-refractivity contribution in [2.45, 2.75) is 44.1 Å². The maximum atomic E-state index is 11.8. The first-order chi connectivity index (χ1) is 9.47. The fraction of sp³-hybridized carbons (Fsp3) is 0.833. The largest absolute Gasteiger partial charge is 0.444 e. The number of halogens is 1. The molecule has 0 aromatic carbocycles. The van der Waals surface area contributed by atoms with Gasteiger partial charge in [0.15, 0.2) is 0 Å². The quantitative estimate of drug-likeness (QED) is 0.694. The maximum absolute atomic E-state index is 11.8. The van der Waals surface area contributed by atoms with Crippen LogP contribution in [0.1, 0.15) is 27.2 Å². The third kappa shape index (κ3) is 3.79. The molecule has 2 amide bonds. The van der Waals surface area contributed by atoms with Crippen molar-refractivity contribution in [2.75, 3.05) is 19.6 Å². The van der Waals surface area contributed by atoms with E-state index in [4.69, 9.17) is 15.4 Å². The van der Waals surface area contributed by atoms with E-state index in [1.807, 2.05) is 0 Å². The van der Waals surface area contributed by atoms with E-state index in [9.17, 15) is 18.0 Å². The second-order valence-electron chi connectivity index (χ2n) is 6.39. The third-order valence-corrected chi connectivity index (χ3v) is 5.34. The second-order valence-corrected chi connectivity index (χ2v) is 9.30. The number of amides is 2. The summed E-state index contributed by atoms with van der Waals surface area (Å²) < 4.78 is 27.8. The molecule has 2 aliphatic heterocycles. The predicted molar refractivity (Wildman–Crippen MR) is 76.5 cm³/mol. The summed E-state index contributed by atoms with van der Waals surface area (Å²) in [6.45, 7) is 6.15. The van der Waals surface area contributed by atoms with E-state index < -0.39 is 26.0 Å². The van der Waals surface area contributed by atoms with Crippen LogP contribution in [0.15, 0.2) is 0 Å². The zero-order chi connectivity index (χ0) is 16.0. The van der Waals surface area contributed by atoms with Crippen LogP contribution >= 0.6 is 10.7 Å². The molecule has 2 saturated heterocycles. The lowest BCUT2D eigenvalue weighted by Crippen LogP contribution is -2.62. The highest BCUT2D eigenvalue weighted by molar-refractivity contribution is 8.14. The highest BCUT2D eigenvalue weighted by Crippen LogP contribution is 2.27. The molecule has 0 spiro atoms. The Kier molecular flexibility index (Phi) is 4.14. The fourth-order valence-electron chi connectivity index (χ4n) is 2.37. The zero-order valence-electron chi connectivity index (χ0n) is 12.2. The van der Waals surface area contributed by atoms with E-state index in [0.717, 1.165) is 0 Å². The Morgan fingerprint density at radius 2 is 1.86 bits per heavy atom. The Morgan fingerprint density at radius 3 is 2.29 bits per heavy atom. The van der Waals surface area contributed by atoms with Gasteiger partial charge in [-0.3, -0.25) is 4.79 Å². The van der Waals surface area contributed by atoms with Gasteiger partial charge in [0, 0.05) is 36.7 Å². The van der Waals surface area contributed by atoms with Crippen molar-refractivity contribution in [3.8, 4) is 0 Å². The van der Waals surface area contributed by atoms with E-state index in [1.165, 1.54) is 9.80 Å². The lowest BCUT2D eigenvalue weighted by molar-refractivity contribution is -0.132. The summed E-state index contributed by atoms with van der Waals surface area (Å²) in [7, 11) is 1.56. The van der Waals surface area contributed by atoms with Crippen molar-refractivity contribution in [2.24, 2.45) is 0 Å². The average molecular weight is 339 g/mol. The van der Waals surface area contributed by atoms with Crippen LogP contribution in [0.25, 0.3) is 0 Å². The Bertz CT molecular complexity index is 550. The minimum Gasteiger partial charge on any atom is -0.444 e. The first kappa shape index (κ1) is 16.4. The number of nitrogens with zero attached hydrogens (tertiary/aromatic N) is 2. The van der Waals surface area contributed by atoms with Crippen molar-refractivity contribution in [1.29, 1.82) is 0 Å². The van der Waals surface area contributed by atoms with E-state index in [1.54, 1.807) is 20.8 Å². The van der Waals surface area contributed by atoms with Crippen LogP contribution in [-0.2, 0) is 18.6 Å². The number of carbonyl (C=O) groups is 2. The molecule has 9 heteroatoms. The molecule has 0 aromatic heterocycles. The monoisotopic (exact) mass is 338 g/mol. The summed E-state index contributed by atoms with van der Waals surface area (Å²) >= 11 is 0. The lowest BCUT2D eigenvalue weighted by Gasteiger charge is -2.44. The van der Waals surface area contributed by atoms with Gasteiger partial charge < -0.3 is 14.5 Å². The maximum Gasteiger partial charge on any atom is 0.410 e. The predicted octanol–water partition coefficient (Wildman–Crippen LogP) is 0.775. The van der Waals surface area contributed by atoms with E-state index in [2.05, 4.69) is 0 Å². The number of carbonyl (C=O) groups excluding carboxylic acids is 2. The van der Waals surface area contributed by atoms with Crippen molar-refractivity contribution >= 4 is 31.7 Å². The van der Waals surface area contributed by atoms with Crippen molar-refractivity contribution in [3.63, 3.8) is 0 Å². The molecule has 0 aromatic rings. The molecule has 120 valence electrons. The molecule has 21 heavy (non-hydrogen) atoms. The Hall–Kier alpha value is -1.02. The molecule has 0 saturated carbocycles.